The highest BCUT2D eigenvalue weighted by molar-refractivity contribution is 7.89. The van der Waals surface area contributed by atoms with Crippen LogP contribution in [0.2, 0.25) is 0 Å². The Bertz CT molecular complexity index is 821. The topological polar surface area (TPSA) is 49.4 Å². The number of benzene rings is 2. The molecule has 3 rings (SSSR count). The normalized spacial score (nSPS) is 14.2. The Morgan fingerprint density at radius 1 is 1.13 bits per heavy atom. The molecule has 4 nitrogen and oxygen atoms in total. The minimum atomic E-state index is -3.53. The number of sulfonamides is 1. The first-order chi connectivity index (χ1) is 11.0. The largest absolute Gasteiger partial charge is 0.309 e. The van der Waals surface area contributed by atoms with Gasteiger partial charge >= 0.3 is 0 Å². The molecule has 0 aromatic heterocycles. The van der Waals surface area contributed by atoms with Crippen LogP contribution in [0.3, 0.4) is 0 Å². The van der Waals surface area contributed by atoms with Crippen LogP contribution in [0.4, 0.5) is 4.39 Å². The number of nitrogens with zero attached hydrogens (tertiary/aromatic N) is 1. The fourth-order valence-electron chi connectivity index (χ4n) is 2.71. The third kappa shape index (κ3) is 3.44. The summed E-state index contributed by atoms with van der Waals surface area (Å²) in [4.78, 5) is 0.307. The maximum atomic E-state index is 13.2. The molecule has 1 N–H and O–H groups in total. The quantitative estimate of drug-likeness (QED) is 0.913. The smallest absolute Gasteiger partial charge is 0.242 e. The van der Waals surface area contributed by atoms with E-state index in [-0.39, 0.29) is 5.82 Å². The van der Waals surface area contributed by atoms with Gasteiger partial charge in [-0.25, -0.2) is 17.1 Å². The molecule has 122 valence electrons. The lowest BCUT2D eigenvalue weighted by molar-refractivity contribution is 0.472. The van der Waals surface area contributed by atoms with Crippen LogP contribution in [0.25, 0.3) is 0 Å². The Morgan fingerprint density at radius 2 is 1.91 bits per heavy atom. The van der Waals surface area contributed by atoms with E-state index in [4.69, 9.17) is 0 Å². The molecule has 0 saturated heterocycles. The van der Waals surface area contributed by atoms with E-state index in [0.717, 1.165) is 23.2 Å². The minimum Gasteiger partial charge on any atom is -0.309 e. The standard InChI is InChI=1S/C17H19FN2O2S/c1-20(8-7-13-3-2-4-16(18)9-13)23(21,22)17-6-5-14-11-19-12-15(14)10-17/h2-6,9-10,19H,7-8,11-12H2,1H3. The zero-order chi connectivity index (χ0) is 16.4. The summed E-state index contributed by atoms with van der Waals surface area (Å²) in [5.74, 6) is -0.306. The predicted octanol–water partition coefficient (Wildman–Crippen LogP) is 2.29. The SMILES string of the molecule is CN(CCc1cccc(F)c1)S(=O)(=O)c1ccc2c(c1)CNC2. The third-order valence-corrected chi connectivity index (χ3v) is 5.97. The van der Waals surface area contributed by atoms with Crippen molar-refractivity contribution < 1.29 is 12.8 Å². The molecule has 6 heteroatoms. The highest BCUT2D eigenvalue weighted by atomic mass is 32.2. The van der Waals surface area contributed by atoms with Crippen molar-refractivity contribution in [1.82, 2.24) is 9.62 Å². The van der Waals surface area contributed by atoms with Gasteiger partial charge in [0.2, 0.25) is 10.0 Å². The van der Waals surface area contributed by atoms with Gasteiger partial charge in [0.05, 0.1) is 4.90 Å². The molecule has 0 saturated carbocycles. The molecule has 2 aromatic rings. The van der Waals surface area contributed by atoms with Gasteiger partial charge in [0.1, 0.15) is 5.82 Å². The van der Waals surface area contributed by atoms with Crippen molar-refractivity contribution in [3.63, 3.8) is 0 Å². The summed E-state index contributed by atoms with van der Waals surface area (Å²) in [7, 11) is -1.97. The van der Waals surface area contributed by atoms with Crippen LogP contribution in [-0.4, -0.2) is 26.3 Å². The molecule has 0 radical (unpaired) electrons. The van der Waals surface area contributed by atoms with Crippen LogP contribution < -0.4 is 5.32 Å². The van der Waals surface area contributed by atoms with Crippen LogP contribution in [0.1, 0.15) is 16.7 Å². The van der Waals surface area contributed by atoms with Gasteiger partial charge < -0.3 is 5.32 Å². The minimum absolute atomic E-state index is 0.306. The number of halogens is 1. The lowest BCUT2D eigenvalue weighted by Crippen LogP contribution is -2.29. The first kappa shape index (κ1) is 16.1. The lowest BCUT2D eigenvalue weighted by atomic mass is 10.1. The Hall–Kier alpha value is -1.76. The summed E-state index contributed by atoms with van der Waals surface area (Å²) in [6, 6.07) is 11.5. The molecule has 23 heavy (non-hydrogen) atoms. The molecule has 1 heterocycles. The third-order valence-electron chi connectivity index (χ3n) is 4.12. The molecule has 0 unspecified atom stereocenters. The van der Waals surface area contributed by atoms with Gasteiger partial charge in [0.15, 0.2) is 0 Å². The first-order valence-corrected chi connectivity index (χ1v) is 8.94. The molecular formula is C17H19FN2O2S. The van der Waals surface area contributed by atoms with Crippen LogP contribution in [0, 0.1) is 5.82 Å². The molecule has 1 aliphatic heterocycles. The van der Waals surface area contributed by atoms with Gasteiger partial charge in [-0.2, -0.15) is 0 Å². The zero-order valence-corrected chi connectivity index (χ0v) is 13.7. The average Bonchev–Trinajstić information content (AvgIpc) is 3.00. The van der Waals surface area contributed by atoms with Crippen molar-refractivity contribution >= 4 is 10.0 Å². The number of rotatable bonds is 5. The van der Waals surface area contributed by atoms with Crippen LogP contribution in [0.5, 0.6) is 0 Å². The Morgan fingerprint density at radius 3 is 2.70 bits per heavy atom. The molecular weight excluding hydrogens is 315 g/mol. The molecule has 0 spiro atoms. The van der Waals surface area contributed by atoms with Gasteiger partial charge in [-0.15, -0.1) is 0 Å². The number of nitrogens with one attached hydrogen (secondary N) is 1. The molecule has 0 atom stereocenters. The highest BCUT2D eigenvalue weighted by Gasteiger charge is 2.22. The molecule has 0 amide bonds. The fraction of sp³-hybridized carbons (Fsp3) is 0.294. The average molecular weight is 334 g/mol. The fourth-order valence-corrected chi connectivity index (χ4v) is 3.93. The molecule has 0 bridgehead atoms. The van der Waals surface area contributed by atoms with Crippen molar-refractivity contribution in [1.29, 1.82) is 0 Å². The molecule has 0 fully saturated rings. The van der Waals surface area contributed by atoms with Gasteiger partial charge in [-0.3, -0.25) is 0 Å². The molecule has 2 aromatic carbocycles. The predicted molar refractivity (Wildman–Crippen MR) is 86.9 cm³/mol. The second-order valence-electron chi connectivity index (χ2n) is 5.74. The lowest BCUT2D eigenvalue weighted by Gasteiger charge is -2.18. The molecule has 0 aliphatic carbocycles. The van der Waals surface area contributed by atoms with E-state index in [1.165, 1.54) is 16.4 Å². The monoisotopic (exact) mass is 334 g/mol. The Balaban J connectivity index is 1.74. The number of hydrogen-bond acceptors (Lipinski definition) is 3. The summed E-state index contributed by atoms with van der Waals surface area (Å²) < 4.78 is 39.8. The van der Waals surface area contributed by atoms with Crippen LogP contribution in [0.15, 0.2) is 47.4 Å². The van der Waals surface area contributed by atoms with Gasteiger partial charge in [0, 0.05) is 26.7 Å². The highest BCUT2D eigenvalue weighted by Crippen LogP contribution is 2.22. The van der Waals surface area contributed by atoms with Crippen LogP contribution >= 0.6 is 0 Å². The summed E-state index contributed by atoms with van der Waals surface area (Å²) >= 11 is 0. The molecule has 1 aliphatic rings. The van der Waals surface area contributed by atoms with E-state index < -0.39 is 10.0 Å². The Labute approximate surface area is 136 Å². The summed E-state index contributed by atoms with van der Waals surface area (Å²) in [5.41, 5.74) is 2.96. The second kappa shape index (κ2) is 6.39. The van der Waals surface area contributed by atoms with Crippen molar-refractivity contribution in [3.8, 4) is 0 Å². The van der Waals surface area contributed by atoms with E-state index in [9.17, 15) is 12.8 Å². The van der Waals surface area contributed by atoms with E-state index in [0.29, 0.717) is 24.4 Å². The van der Waals surface area contributed by atoms with E-state index in [1.807, 2.05) is 6.07 Å². The van der Waals surface area contributed by atoms with Gasteiger partial charge in [-0.1, -0.05) is 18.2 Å². The van der Waals surface area contributed by atoms with Crippen molar-refractivity contribution in [2.45, 2.75) is 24.4 Å². The van der Waals surface area contributed by atoms with E-state index in [1.54, 1.807) is 31.3 Å². The maximum absolute atomic E-state index is 13.2. The summed E-state index contributed by atoms with van der Waals surface area (Å²) in [6.45, 7) is 1.79. The van der Waals surface area contributed by atoms with Crippen molar-refractivity contribution in [3.05, 3.63) is 65.0 Å². The Kier molecular flexibility index (Phi) is 4.48. The van der Waals surface area contributed by atoms with Crippen LogP contribution in [-0.2, 0) is 29.5 Å². The number of hydrogen-bond donors (Lipinski definition) is 1. The first-order valence-electron chi connectivity index (χ1n) is 7.50. The second-order valence-corrected chi connectivity index (χ2v) is 7.79. The van der Waals surface area contributed by atoms with Gasteiger partial charge in [-0.05, 0) is 47.4 Å². The maximum Gasteiger partial charge on any atom is 0.242 e. The summed E-state index contributed by atoms with van der Waals surface area (Å²) in [6.07, 6.45) is 0.472. The van der Waals surface area contributed by atoms with E-state index >= 15 is 0 Å². The van der Waals surface area contributed by atoms with Gasteiger partial charge in [0.25, 0.3) is 0 Å². The van der Waals surface area contributed by atoms with Crippen molar-refractivity contribution in [2.75, 3.05) is 13.6 Å². The van der Waals surface area contributed by atoms with Crippen molar-refractivity contribution in [2.24, 2.45) is 0 Å². The number of fused-ring (bicyclic) bond motifs is 1. The summed E-state index contributed by atoms with van der Waals surface area (Å²) in [5, 5.41) is 3.20. The number of likely N-dealkylation sites (N-methyl/N-ethyl adjacent to an activating group) is 1. The van der Waals surface area contributed by atoms with E-state index in [2.05, 4.69) is 5.32 Å². The zero-order valence-electron chi connectivity index (χ0n) is 12.9.